The third-order valence-electron chi connectivity index (χ3n) is 5.52. The normalized spacial score (nSPS) is 15.5. The van der Waals surface area contributed by atoms with Crippen LogP contribution in [0.1, 0.15) is 27.7 Å². The Morgan fingerprint density at radius 1 is 1.00 bits per heavy atom. The summed E-state index contributed by atoms with van der Waals surface area (Å²) in [5.74, 6) is 2.11. The van der Waals surface area contributed by atoms with Crippen LogP contribution in [0.25, 0.3) is 11.5 Å². The molecule has 3 aromatic rings. The smallest absolute Gasteiger partial charge is 0.284 e. The molecule has 0 amide bonds. The van der Waals surface area contributed by atoms with E-state index in [-0.39, 0.29) is 5.66 Å². The van der Waals surface area contributed by atoms with Gasteiger partial charge in [-0.3, -0.25) is 0 Å². The summed E-state index contributed by atoms with van der Waals surface area (Å²) in [4.78, 5) is 9.49. The number of aromatic nitrogens is 3. The Morgan fingerprint density at radius 2 is 1.70 bits per heavy atom. The lowest BCUT2D eigenvalue weighted by atomic mass is 10.1. The number of rotatable bonds is 3. The average Bonchev–Trinajstić information content (AvgIpc) is 3.12. The summed E-state index contributed by atoms with van der Waals surface area (Å²) in [7, 11) is 4.15. The molecule has 0 fully saturated rings. The lowest BCUT2D eigenvalue weighted by Crippen LogP contribution is -2.56. The molecular formula is C22H28N5+. The van der Waals surface area contributed by atoms with Gasteiger partial charge in [-0.05, 0) is 52.0 Å². The predicted octanol–water partition coefficient (Wildman–Crippen LogP) is 4.01. The predicted molar refractivity (Wildman–Crippen MR) is 110 cm³/mol. The molecule has 0 spiro atoms. The highest BCUT2D eigenvalue weighted by Gasteiger charge is 2.51. The second-order valence-corrected chi connectivity index (χ2v) is 7.97. The van der Waals surface area contributed by atoms with Gasteiger partial charge >= 0.3 is 0 Å². The van der Waals surface area contributed by atoms with E-state index < -0.39 is 0 Å². The Kier molecular flexibility index (Phi) is 3.98. The summed E-state index contributed by atoms with van der Waals surface area (Å²) in [5, 5.41) is 0. The standard InChI is InChI=1S/C22H28N5/c1-16(2)26-17-10-7-8-11-18(17)27(22(26,3)4)20-13-9-12-19(25(20)6)21-23-14-15-24(21)5/h7-16H,1-6H3/q+1. The molecule has 0 saturated carbocycles. The third kappa shape index (κ3) is 2.52. The summed E-state index contributed by atoms with van der Waals surface area (Å²) < 4.78 is 4.30. The first-order valence-electron chi connectivity index (χ1n) is 9.49. The van der Waals surface area contributed by atoms with Gasteiger partial charge in [0, 0.05) is 31.5 Å². The first-order chi connectivity index (χ1) is 12.8. The molecule has 5 nitrogen and oxygen atoms in total. The maximum atomic E-state index is 4.55. The minimum Gasteiger partial charge on any atom is -0.331 e. The van der Waals surface area contributed by atoms with Gasteiger partial charge in [0.1, 0.15) is 0 Å². The van der Waals surface area contributed by atoms with E-state index in [1.54, 1.807) is 0 Å². The lowest BCUT2D eigenvalue weighted by molar-refractivity contribution is -0.648. The largest absolute Gasteiger partial charge is 0.331 e. The summed E-state index contributed by atoms with van der Waals surface area (Å²) in [6, 6.07) is 15.5. The van der Waals surface area contributed by atoms with Crippen molar-refractivity contribution >= 4 is 17.2 Å². The van der Waals surface area contributed by atoms with Crippen molar-refractivity contribution in [3.63, 3.8) is 0 Å². The van der Waals surface area contributed by atoms with Crippen LogP contribution in [0.4, 0.5) is 17.2 Å². The Balaban J connectivity index is 1.93. The Hall–Kier alpha value is -2.82. The van der Waals surface area contributed by atoms with Crippen molar-refractivity contribution in [3.05, 3.63) is 54.9 Å². The van der Waals surface area contributed by atoms with Crippen LogP contribution in [0, 0.1) is 0 Å². The minimum atomic E-state index is -0.185. The van der Waals surface area contributed by atoms with Crippen molar-refractivity contribution in [1.82, 2.24) is 9.55 Å². The highest BCUT2D eigenvalue weighted by Crippen LogP contribution is 2.49. The molecule has 0 unspecified atom stereocenters. The van der Waals surface area contributed by atoms with E-state index in [1.165, 1.54) is 11.4 Å². The number of aryl methyl sites for hydroxylation is 1. The monoisotopic (exact) mass is 362 g/mol. The molecule has 3 heterocycles. The van der Waals surface area contributed by atoms with E-state index in [2.05, 4.69) is 101 Å². The van der Waals surface area contributed by atoms with E-state index in [9.17, 15) is 0 Å². The minimum absolute atomic E-state index is 0.185. The number of anilines is 3. The van der Waals surface area contributed by atoms with Crippen LogP contribution in [0.5, 0.6) is 0 Å². The van der Waals surface area contributed by atoms with Crippen molar-refractivity contribution in [2.24, 2.45) is 14.1 Å². The molecule has 27 heavy (non-hydrogen) atoms. The molecule has 0 bridgehead atoms. The van der Waals surface area contributed by atoms with Crippen LogP contribution in [-0.2, 0) is 14.1 Å². The molecule has 1 aromatic carbocycles. The number of fused-ring (bicyclic) bond motifs is 1. The van der Waals surface area contributed by atoms with E-state index in [0.717, 1.165) is 17.3 Å². The van der Waals surface area contributed by atoms with E-state index in [4.69, 9.17) is 0 Å². The lowest BCUT2D eigenvalue weighted by Gasteiger charge is -2.38. The third-order valence-corrected chi connectivity index (χ3v) is 5.52. The first-order valence-corrected chi connectivity index (χ1v) is 9.49. The Bertz CT molecular complexity index is 986. The maximum absolute atomic E-state index is 4.55. The van der Waals surface area contributed by atoms with Crippen LogP contribution >= 0.6 is 0 Å². The number of imidazole rings is 1. The topological polar surface area (TPSA) is 28.2 Å². The van der Waals surface area contributed by atoms with Gasteiger partial charge in [-0.2, -0.15) is 0 Å². The fourth-order valence-corrected chi connectivity index (χ4v) is 4.50. The highest BCUT2D eigenvalue weighted by atomic mass is 15.5. The number of hydrogen-bond donors (Lipinski definition) is 0. The number of pyridine rings is 1. The number of para-hydroxylation sites is 2. The van der Waals surface area contributed by atoms with Gasteiger partial charge in [0.05, 0.1) is 12.7 Å². The molecule has 140 valence electrons. The Labute approximate surface area is 161 Å². The van der Waals surface area contributed by atoms with Crippen molar-refractivity contribution in [2.75, 3.05) is 9.80 Å². The molecule has 5 heteroatoms. The van der Waals surface area contributed by atoms with E-state index in [0.29, 0.717) is 6.04 Å². The van der Waals surface area contributed by atoms with Gasteiger partial charge in [0.15, 0.2) is 22.9 Å². The van der Waals surface area contributed by atoms with E-state index >= 15 is 0 Å². The van der Waals surface area contributed by atoms with Gasteiger partial charge in [-0.1, -0.05) is 12.1 Å². The molecule has 0 atom stereocenters. The van der Waals surface area contributed by atoms with Crippen LogP contribution in [0.3, 0.4) is 0 Å². The number of benzene rings is 1. The van der Waals surface area contributed by atoms with Gasteiger partial charge in [-0.15, -0.1) is 0 Å². The molecule has 1 aliphatic heterocycles. The quantitative estimate of drug-likeness (QED) is 0.659. The highest BCUT2D eigenvalue weighted by molar-refractivity contribution is 5.84. The molecule has 0 aliphatic carbocycles. The maximum Gasteiger partial charge on any atom is 0.284 e. The van der Waals surface area contributed by atoms with Gasteiger partial charge < -0.3 is 9.47 Å². The first kappa shape index (κ1) is 17.6. The fraction of sp³-hybridized carbons (Fsp3) is 0.364. The van der Waals surface area contributed by atoms with Gasteiger partial charge in [0.25, 0.3) is 5.82 Å². The van der Waals surface area contributed by atoms with Crippen molar-refractivity contribution < 1.29 is 4.57 Å². The van der Waals surface area contributed by atoms with Crippen LogP contribution < -0.4 is 14.4 Å². The zero-order valence-electron chi connectivity index (χ0n) is 17.0. The van der Waals surface area contributed by atoms with Crippen molar-refractivity contribution in [2.45, 2.75) is 39.4 Å². The molecule has 0 radical (unpaired) electrons. The number of nitrogens with zero attached hydrogens (tertiary/aromatic N) is 5. The van der Waals surface area contributed by atoms with Crippen molar-refractivity contribution in [3.8, 4) is 11.5 Å². The molecular weight excluding hydrogens is 334 g/mol. The number of hydrogen-bond acceptors (Lipinski definition) is 3. The molecule has 1 aliphatic rings. The van der Waals surface area contributed by atoms with Gasteiger partial charge in [0.2, 0.25) is 0 Å². The molecule has 0 saturated heterocycles. The van der Waals surface area contributed by atoms with E-state index in [1.807, 2.05) is 19.4 Å². The van der Waals surface area contributed by atoms with Crippen LogP contribution in [0.2, 0.25) is 0 Å². The summed E-state index contributed by atoms with van der Waals surface area (Å²) in [5.41, 5.74) is 3.43. The second-order valence-electron chi connectivity index (χ2n) is 7.97. The summed E-state index contributed by atoms with van der Waals surface area (Å²) in [6.45, 7) is 9.10. The molecule has 0 N–H and O–H groups in total. The zero-order chi connectivity index (χ0) is 19.3. The SMILES string of the molecule is CC(C)N1c2ccccc2N(c2cccc(-c3nccn3C)[n+]2C)C1(C)C. The zero-order valence-corrected chi connectivity index (χ0v) is 17.0. The molecule has 2 aromatic heterocycles. The van der Waals surface area contributed by atoms with Crippen LogP contribution in [0.15, 0.2) is 54.9 Å². The van der Waals surface area contributed by atoms with Crippen LogP contribution in [-0.4, -0.2) is 21.3 Å². The average molecular weight is 363 g/mol. The van der Waals surface area contributed by atoms with Crippen molar-refractivity contribution in [1.29, 1.82) is 0 Å². The van der Waals surface area contributed by atoms with Gasteiger partial charge in [-0.25, -0.2) is 14.5 Å². The summed E-state index contributed by atoms with van der Waals surface area (Å²) >= 11 is 0. The summed E-state index contributed by atoms with van der Waals surface area (Å²) in [6.07, 6.45) is 3.83. The molecule has 4 rings (SSSR count). The second kappa shape index (κ2) is 6.12. The fourth-order valence-electron chi connectivity index (χ4n) is 4.50. The Morgan fingerprint density at radius 3 is 2.33 bits per heavy atom.